The first-order valence-electron chi connectivity index (χ1n) is 8.98. The van der Waals surface area contributed by atoms with E-state index in [2.05, 4.69) is 10.6 Å². The van der Waals surface area contributed by atoms with E-state index in [0.29, 0.717) is 21.8 Å². The highest BCUT2D eigenvalue weighted by Gasteiger charge is 2.19. The van der Waals surface area contributed by atoms with Crippen LogP contribution in [0.4, 0.5) is 11.4 Å². The van der Waals surface area contributed by atoms with Crippen LogP contribution in [0, 0.1) is 6.92 Å². The van der Waals surface area contributed by atoms with E-state index in [-0.39, 0.29) is 10.8 Å². The topological polar surface area (TPSA) is 95.6 Å². The molecule has 0 radical (unpaired) electrons. The standard InChI is InChI=1S/C21H21N3O4S2/c1-14-9-10-17(30(27,28)24(2)3)13-18(14)23-20(25)15-6-4-7-16(12-15)22-21(26)19-8-5-11-29-19/h4-13H,1-3H3,(H,22,26)(H,23,25). The van der Waals surface area contributed by atoms with Crippen LogP contribution in [0.1, 0.15) is 25.6 Å². The van der Waals surface area contributed by atoms with Crippen molar-refractivity contribution in [1.82, 2.24) is 4.31 Å². The van der Waals surface area contributed by atoms with Crippen molar-refractivity contribution in [3.8, 4) is 0 Å². The van der Waals surface area contributed by atoms with Crippen molar-refractivity contribution in [2.45, 2.75) is 11.8 Å². The zero-order valence-corrected chi connectivity index (χ0v) is 18.3. The molecule has 3 aromatic rings. The van der Waals surface area contributed by atoms with E-state index in [0.717, 1.165) is 9.87 Å². The molecule has 0 aliphatic heterocycles. The predicted octanol–water partition coefficient (Wildman–Crippen LogP) is 3.81. The van der Waals surface area contributed by atoms with Gasteiger partial charge in [-0.15, -0.1) is 11.3 Å². The number of nitrogens with one attached hydrogen (secondary N) is 2. The third-order valence-electron chi connectivity index (χ3n) is 4.36. The first-order valence-corrected chi connectivity index (χ1v) is 11.3. The lowest BCUT2D eigenvalue weighted by atomic mass is 10.1. The predicted molar refractivity (Wildman–Crippen MR) is 119 cm³/mol. The number of hydrogen-bond acceptors (Lipinski definition) is 5. The summed E-state index contributed by atoms with van der Waals surface area (Å²) in [7, 11) is -0.727. The number of carbonyl (C=O) groups excluding carboxylic acids is 2. The Morgan fingerprint density at radius 3 is 2.37 bits per heavy atom. The maximum Gasteiger partial charge on any atom is 0.265 e. The summed E-state index contributed by atoms with van der Waals surface area (Å²) >= 11 is 1.33. The van der Waals surface area contributed by atoms with Gasteiger partial charge in [-0.3, -0.25) is 9.59 Å². The Kier molecular flexibility index (Phi) is 6.35. The van der Waals surface area contributed by atoms with E-state index in [1.165, 1.54) is 37.6 Å². The molecule has 7 nitrogen and oxygen atoms in total. The Morgan fingerprint density at radius 2 is 1.70 bits per heavy atom. The normalized spacial score (nSPS) is 11.3. The Balaban J connectivity index is 1.80. The number of anilines is 2. The number of benzene rings is 2. The van der Waals surface area contributed by atoms with Gasteiger partial charge in [-0.25, -0.2) is 12.7 Å². The highest BCUT2D eigenvalue weighted by Crippen LogP contribution is 2.23. The van der Waals surface area contributed by atoms with E-state index in [9.17, 15) is 18.0 Å². The number of thiophene rings is 1. The van der Waals surface area contributed by atoms with E-state index in [1.54, 1.807) is 49.4 Å². The summed E-state index contributed by atoms with van der Waals surface area (Å²) in [5.41, 5.74) is 1.94. The molecule has 0 saturated heterocycles. The van der Waals surface area contributed by atoms with Crippen LogP contribution >= 0.6 is 11.3 Å². The number of rotatable bonds is 6. The first kappa shape index (κ1) is 21.7. The first-order chi connectivity index (χ1) is 14.2. The molecule has 0 bridgehead atoms. The van der Waals surface area contributed by atoms with Gasteiger partial charge in [-0.05, 0) is 54.3 Å². The van der Waals surface area contributed by atoms with E-state index in [4.69, 9.17) is 0 Å². The smallest absolute Gasteiger partial charge is 0.265 e. The van der Waals surface area contributed by atoms with Crippen molar-refractivity contribution in [3.05, 3.63) is 76.0 Å². The van der Waals surface area contributed by atoms with Gasteiger partial charge in [0.2, 0.25) is 10.0 Å². The molecule has 3 rings (SSSR count). The summed E-state index contributed by atoms with van der Waals surface area (Å²) in [6.07, 6.45) is 0. The van der Waals surface area contributed by atoms with Crippen LogP contribution in [0.5, 0.6) is 0 Å². The number of aryl methyl sites for hydroxylation is 1. The van der Waals surface area contributed by atoms with E-state index in [1.807, 2.05) is 5.38 Å². The largest absolute Gasteiger partial charge is 0.322 e. The monoisotopic (exact) mass is 443 g/mol. The summed E-state index contributed by atoms with van der Waals surface area (Å²) in [6, 6.07) is 14.6. The quantitative estimate of drug-likeness (QED) is 0.606. The second kappa shape index (κ2) is 8.78. The molecular weight excluding hydrogens is 422 g/mol. The van der Waals surface area contributed by atoms with Gasteiger partial charge in [0.1, 0.15) is 0 Å². The van der Waals surface area contributed by atoms with E-state index < -0.39 is 15.9 Å². The van der Waals surface area contributed by atoms with Gasteiger partial charge < -0.3 is 10.6 Å². The van der Waals surface area contributed by atoms with Crippen LogP contribution < -0.4 is 10.6 Å². The summed E-state index contributed by atoms with van der Waals surface area (Å²) in [5.74, 6) is -0.662. The van der Waals surface area contributed by atoms with Crippen molar-refractivity contribution in [2.24, 2.45) is 0 Å². The molecule has 0 unspecified atom stereocenters. The summed E-state index contributed by atoms with van der Waals surface area (Å²) in [6.45, 7) is 1.78. The molecular formula is C21H21N3O4S2. The summed E-state index contributed by atoms with van der Waals surface area (Å²) in [4.78, 5) is 25.6. The van der Waals surface area contributed by atoms with Gasteiger partial charge in [-0.1, -0.05) is 18.2 Å². The zero-order valence-electron chi connectivity index (χ0n) is 16.7. The van der Waals surface area contributed by atoms with Gasteiger partial charge in [0.25, 0.3) is 11.8 Å². The number of nitrogens with zero attached hydrogens (tertiary/aromatic N) is 1. The highest BCUT2D eigenvalue weighted by molar-refractivity contribution is 7.89. The van der Waals surface area contributed by atoms with Crippen LogP contribution in [0.3, 0.4) is 0 Å². The Hall–Kier alpha value is -3.01. The van der Waals surface area contributed by atoms with Crippen LogP contribution in [0.2, 0.25) is 0 Å². The maximum atomic E-state index is 12.7. The molecule has 156 valence electrons. The van der Waals surface area contributed by atoms with Crippen molar-refractivity contribution in [1.29, 1.82) is 0 Å². The molecule has 2 amide bonds. The average Bonchev–Trinajstić information content (AvgIpc) is 3.24. The van der Waals surface area contributed by atoms with Gasteiger partial charge >= 0.3 is 0 Å². The number of hydrogen-bond donors (Lipinski definition) is 2. The van der Waals surface area contributed by atoms with Gasteiger partial charge in [-0.2, -0.15) is 0 Å². The second-order valence-corrected chi connectivity index (χ2v) is 9.83. The molecule has 0 aliphatic rings. The molecule has 0 spiro atoms. The zero-order chi connectivity index (χ0) is 21.9. The number of amides is 2. The van der Waals surface area contributed by atoms with Crippen molar-refractivity contribution < 1.29 is 18.0 Å². The Labute approximate surface area is 179 Å². The Bertz CT molecular complexity index is 1190. The average molecular weight is 444 g/mol. The number of carbonyl (C=O) groups is 2. The lowest BCUT2D eigenvalue weighted by molar-refractivity contribution is 0.101. The Morgan fingerprint density at radius 1 is 0.933 bits per heavy atom. The molecule has 0 atom stereocenters. The van der Waals surface area contributed by atoms with Crippen LogP contribution in [0.25, 0.3) is 0 Å². The molecule has 9 heteroatoms. The molecule has 30 heavy (non-hydrogen) atoms. The van der Waals surface area contributed by atoms with Crippen molar-refractivity contribution >= 4 is 44.5 Å². The second-order valence-electron chi connectivity index (χ2n) is 6.73. The third-order valence-corrected chi connectivity index (χ3v) is 7.04. The minimum atomic E-state index is -3.62. The molecule has 2 N–H and O–H groups in total. The van der Waals surface area contributed by atoms with E-state index >= 15 is 0 Å². The molecule has 0 aliphatic carbocycles. The van der Waals surface area contributed by atoms with Crippen molar-refractivity contribution in [2.75, 3.05) is 24.7 Å². The fourth-order valence-electron chi connectivity index (χ4n) is 2.64. The molecule has 1 heterocycles. The van der Waals surface area contributed by atoms with Gasteiger partial charge in [0, 0.05) is 31.0 Å². The molecule has 0 fully saturated rings. The third kappa shape index (κ3) is 4.76. The van der Waals surface area contributed by atoms with Crippen LogP contribution in [-0.2, 0) is 10.0 Å². The van der Waals surface area contributed by atoms with Gasteiger partial charge in [0.15, 0.2) is 0 Å². The molecule has 1 aromatic heterocycles. The summed E-state index contributed by atoms with van der Waals surface area (Å²) < 4.78 is 25.9. The highest BCUT2D eigenvalue weighted by atomic mass is 32.2. The number of sulfonamides is 1. The van der Waals surface area contributed by atoms with Crippen LogP contribution in [0.15, 0.2) is 64.9 Å². The molecule has 0 saturated carbocycles. The fourth-order valence-corrected chi connectivity index (χ4v) is 4.19. The lowest BCUT2D eigenvalue weighted by Crippen LogP contribution is -2.22. The minimum Gasteiger partial charge on any atom is -0.322 e. The van der Waals surface area contributed by atoms with Crippen LogP contribution in [-0.4, -0.2) is 38.6 Å². The SMILES string of the molecule is Cc1ccc(S(=O)(=O)N(C)C)cc1NC(=O)c1cccc(NC(=O)c2cccs2)c1. The molecule has 2 aromatic carbocycles. The minimum absolute atomic E-state index is 0.0883. The van der Waals surface area contributed by atoms with Crippen molar-refractivity contribution in [3.63, 3.8) is 0 Å². The lowest BCUT2D eigenvalue weighted by Gasteiger charge is -2.14. The fraction of sp³-hybridized carbons (Fsp3) is 0.143. The summed E-state index contributed by atoms with van der Waals surface area (Å²) in [5, 5.41) is 7.33. The maximum absolute atomic E-state index is 12.7. The van der Waals surface area contributed by atoms with Gasteiger partial charge in [0.05, 0.1) is 9.77 Å².